The summed E-state index contributed by atoms with van der Waals surface area (Å²) in [6, 6.07) is 7.93. The average Bonchev–Trinajstić information content (AvgIpc) is 3.32. The van der Waals surface area contributed by atoms with Gasteiger partial charge in [0.05, 0.1) is 11.1 Å². The maximum absolute atomic E-state index is 5.31. The van der Waals surface area contributed by atoms with Crippen molar-refractivity contribution in [3.8, 4) is 10.6 Å². The molecule has 5 nitrogen and oxygen atoms in total. The molecule has 0 radical (unpaired) electrons. The summed E-state index contributed by atoms with van der Waals surface area (Å²) in [5, 5.41) is 6.96. The zero-order valence-electron chi connectivity index (χ0n) is 13.2. The fraction of sp³-hybridized carbons (Fsp3) is 0.294. The van der Waals surface area contributed by atoms with Gasteiger partial charge in [-0.1, -0.05) is 0 Å². The Kier molecular flexibility index (Phi) is 4.12. The number of hydrogen-bond donors (Lipinski definition) is 2. The van der Waals surface area contributed by atoms with Crippen LogP contribution in [0.3, 0.4) is 0 Å². The molecule has 1 saturated carbocycles. The van der Waals surface area contributed by atoms with Gasteiger partial charge in [0, 0.05) is 11.4 Å². The van der Waals surface area contributed by atoms with Crippen LogP contribution in [0.15, 0.2) is 30.5 Å². The highest BCUT2D eigenvalue weighted by Crippen LogP contribution is 2.28. The van der Waals surface area contributed by atoms with Gasteiger partial charge in [0.2, 0.25) is 0 Å². The van der Waals surface area contributed by atoms with Crippen molar-refractivity contribution in [1.82, 2.24) is 20.3 Å². The molecule has 1 aliphatic carbocycles. The molecule has 7 heteroatoms. The molecule has 24 heavy (non-hydrogen) atoms. The van der Waals surface area contributed by atoms with E-state index in [0.717, 1.165) is 28.6 Å². The van der Waals surface area contributed by atoms with Crippen LogP contribution in [0.4, 0.5) is 5.82 Å². The number of aryl methyl sites for hydroxylation is 1. The molecule has 0 atom stereocenters. The molecule has 0 unspecified atom stereocenters. The monoisotopic (exact) mass is 355 g/mol. The van der Waals surface area contributed by atoms with Gasteiger partial charge in [0.25, 0.3) is 0 Å². The zero-order valence-corrected chi connectivity index (χ0v) is 14.9. The summed E-state index contributed by atoms with van der Waals surface area (Å²) in [5.74, 6) is 1.46. The molecule has 3 heterocycles. The summed E-state index contributed by atoms with van der Waals surface area (Å²) < 4.78 is 0. The quantitative estimate of drug-likeness (QED) is 0.695. The Hall–Kier alpha value is -2.12. The summed E-state index contributed by atoms with van der Waals surface area (Å²) in [5.41, 5.74) is 2.24. The van der Waals surface area contributed by atoms with Crippen LogP contribution in [-0.2, 0) is 0 Å². The lowest BCUT2D eigenvalue weighted by Gasteiger charge is -2.09. The largest absolute Gasteiger partial charge is 0.362 e. The van der Waals surface area contributed by atoms with E-state index >= 15 is 0 Å². The molecular formula is C17H17N5S2. The van der Waals surface area contributed by atoms with Crippen LogP contribution in [-0.4, -0.2) is 26.6 Å². The number of nitrogens with one attached hydrogen (secondary N) is 2. The van der Waals surface area contributed by atoms with Crippen LogP contribution in [0.2, 0.25) is 0 Å². The molecule has 0 aliphatic heterocycles. The summed E-state index contributed by atoms with van der Waals surface area (Å²) in [6.45, 7) is 3.01. The normalized spacial score (nSPS) is 13.9. The van der Waals surface area contributed by atoms with E-state index in [1.54, 1.807) is 17.5 Å². The number of rotatable bonds is 4. The van der Waals surface area contributed by atoms with Gasteiger partial charge < -0.3 is 10.6 Å². The smallest absolute Gasteiger partial charge is 0.180 e. The molecule has 0 saturated heterocycles. The number of nitrogens with zero attached hydrogens (tertiary/aromatic N) is 3. The van der Waals surface area contributed by atoms with Crippen LogP contribution in [0.25, 0.3) is 21.7 Å². The van der Waals surface area contributed by atoms with Crippen molar-refractivity contribution in [2.24, 2.45) is 5.92 Å². The van der Waals surface area contributed by atoms with Crippen molar-refractivity contribution in [3.63, 3.8) is 0 Å². The first-order chi connectivity index (χ1) is 11.7. The van der Waals surface area contributed by atoms with Gasteiger partial charge in [-0.05, 0) is 62.2 Å². The minimum atomic E-state index is 0.603. The molecule has 4 rings (SSSR count). The van der Waals surface area contributed by atoms with Gasteiger partial charge in [0.1, 0.15) is 17.0 Å². The first kappa shape index (κ1) is 15.4. The van der Waals surface area contributed by atoms with Crippen LogP contribution in [0.1, 0.15) is 17.7 Å². The van der Waals surface area contributed by atoms with Crippen LogP contribution in [0.5, 0.6) is 0 Å². The Morgan fingerprint density at radius 3 is 2.88 bits per heavy atom. The van der Waals surface area contributed by atoms with Crippen molar-refractivity contribution in [2.45, 2.75) is 19.8 Å². The summed E-state index contributed by atoms with van der Waals surface area (Å²) in [7, 11) is 0. The summed E-state index contributed by atoms with van der Waals surface area (Å²) in [4.78, 5) is 16.0. The van der Waals surface area contributed by atoms with E-state index < -0.39 is 0 Å². The fourth-order valence-corrected chi connectivity index (χ4v) is 3.39. The molecule has 122 valence electrons. The van der Waals surface area contributed by atoms with E-state index in [2.05, 4.69) is 44.6 Å². The van der Waals surface area contributed by atoms with Gasteiger partial charge in [-0.25, -0.2) is 9.97 Å². The Morgan fingerprint density at radius 2 is 2.12 bits per heavy atom. The Morgan fingerprint density at radius 1 is 1.25 bits per heavy atom. The van der Waals surface area contributed by atoms with Gasteiger partial charge in [-0.3, -0.25) is 4.98 Å². The molecular weight excluding hydrogens is 338 g/mol. The third-order valence-corrected chi connectivity index (χ3v) is 5.16. The molecule has 3 aromatic heterocycles. The highest BCUT2D eigenvalue weighted by molar-refractivity contribution is 7.80. The number of thiocarbonyl (C=S) groups is 1. The fourth-order valence-electron chi connectivity index (χ4n) is 2.38. The van der Waals surface area contributed by atoms with E-state index in [-0.39, 0.29) is 0 Å². The maximum Gasteiger partial charge on any atom is 0.180 e. The van der Waals surface area contributed by atoms with Gasteiger partial charge in [-0.2, -0.15) is 0 Å². The van der Waals surface area contributed by atoms with E-state index in [0.29, 0.717) is 16.6 Å². The van der Waals surface area contributed by atoms with E-state index in [9.17, 15) is 0 Å². The number of anilines is 1. The summed E-state index contributed by atoms with van der Waals surface area (Å²) >= 11 is 7.02. The second-order valence-corrected chi connectivity index (χ2v) is 7.68. The van der Waals surface area contributed by atoms with Crippen LogP contribution in [0, 0.1) is 12.8 Å². The topological polar surface area (TPSA) is 62.7 Å². The molecule has 0 amide bonds. The van der Waals surface area contributed by atoms with Crippen molar-refractivity contribution in [1.29, 1.82) is 0 Å². The Balaban J connectivity index is 1.55. The number of pyridine rings is 1. The molecule has 0 spiro atoms. The minimum absolute atomic E-state index is 0.603. The number of fused-ring (bicyclic) bond motifs is 1. The molecule has 2 N–H and O–H groups in total. The maximum atomic E-state index is 5.31. The van der Waals surface area contributed by atoms with Crippen molar-refractivity contribution in [3.05, 3.63) is 35.3 Å². The van der Waals surface area contributed by atoms with Crippen LogP contribution >= 0.6 is 23.6 Å². The predicted molar refractivity (Wildman–Crippen MR) is 102 cm³/mol. The molecule has 3 aromatic rings. The third-order valence-electron chi connectivity index (χ3n) is 3.89. The molecule has 1 aliphatic rings. The SMILES string of the molecule is Cc1ccc(-c2cnc3ccc(NC(=S)NCC4CC4)nc3n2)s1. The van der Waals surface area contributed by atoms with Crippen LogP contribution < -0.4 is 10.6 Å². The first-order valence-corrected chi connectivity index (χ1v) is 9.15. The summed E-state index contributed by atoms with van der Waals surface area (Å²) in [6.07, 6.45) is 4.39. The number of aromatic nitrogens is 3. The van der Waals surface area contributed by atoms with Gasteiger partial charge in [-0.15, -0.1) is 11.3 Å². The molecule has 0 bridgehead atoms. The lowest BCUT2D eigenvalue weighted by atomic mass is 10.3. The highest BCUT2D eigenvalue weighted by atomic mass is 32.1. The van der Waals surface area contributed by atoms with E-state index in [1.807, 2.05) is 12.1 Å². The lowest BCUT2D eigenvalue weighted by Crippen LogP contribution is -2.30. The zero-order chi connectivity index (χ0) is 16.5. The van der Waals surface area contributed by atoms with Crippen molar-refractivity contribution >= 4 is 45.6 Å². The lowest BCUT2D eigenvalue weighted by molar-refractivity contribution is 0.777. The van der Waals surface area contributed by atoms with E-state index in [4.69, 9.17) is 12.2 Å². The standard InChI is InChI=1S/C17H17N5S2/c1-10-2-6-14(24-10)13-9-18-12-5-7-15(21-16(12)20-13)22-17(23)19-8-11-3-4-11/h2,5-7,9,11H,3-4,8H2,1H3,(H2,19,20,21,22,23). The molecule has 0 aromatic carbocycles. The van der Waals surface area contributed by atoms with Crippen molar-refractivity contribution < 1.29 is 0 Å². The average molecular weight is 355 g/mol. The predicted octanol–water partition coefficient (Wildman–Crippen LogP) is 3.76. The minimum Gasteiger partial charge on any atom is -0.362 e. The first-order valence-electron chi connectivity index (χ1n) is 7.93. The highest BCUT2D eigenvalue weighted by Gasteiger charge is 2.20. The second kappa shape index (κ2) is 6.41. The van der Waals surface area contributed by atoms with Gasteiger partial charge >= 0.3 is 0 Å². The Labute approximate surface area is 149 Å². The van der Waals surface area contributed by atoms with Crippen molar-refractivity contribution in [2.75, 3.05) is 11.9 Å². The van der Waals surface area contributed by atoms with E-state index in [1.165, 1.54) is 17.7 Å². The van der Waals surface area contributed by atoms with Gasteiger partial charge in [0.15, 0.2) is 10.8 Å². The Bertz CT molecular complexity index is 901. The molecule has 1 fully saturated rings. The number of thiophene rings is 1. The number of hydrogen-bond acceptors (Lipinski definition) is 5. The second-order valence-electron chi connectivity index (χ2n) is 5.98. The third kappa shape index (κ3) is 3.52.